The molecule has 17 heavy (non-hydrogen) atoms. The number of rotatable bonds is 5. The zero-order valence-corrected chi connectivity index (χ0v) is 10.4. The van der Waals surface area contributed by atoms with Crippen LogP contribution in [0.5, 0.6) is 0 Å². The second-order valence-corrected chi connectivity index (χ2v) is 4.03. The highest BCUT2D eigenvalue weighted by molar-refractivity contribution is 5.77. The van der Waals surface area contributed by atoms with Gasteiger partial charge in [0.15, 0.2) is 0 Å². The molecule has 0 radical (unpaired) electrons. The molecule has 0 aliphatic heterocycles. The van der Waals surface area contributed by atoms with Gasteiger partial charge in [0.25, 0.3) is 0 Å². The van der Waals surface area contributed by atoms with Gasteiger partial charge in [-0.1, -0.05) is 18.2 Å². The molecular formula is C13H18FNO2. The van der Waals surface area contributed by atoms with Crippen molar-refractivity contribution in [2.45, 2.75) is 32.9 Å². The third-order valence-electron chi connectivity index (χ3n) is 2.24. The molecule has 3 nitrogen and oxygen atoms in total. The van der Waals surface area contributed by atoms with Crippen LogP contribution in [0, 0.1) is 5.82 Å². The van der Waals surface area contributed by atoms with Crippen LogP contribution >= 0.6 is 0 Å². The van der Waals surface area contributed by atoms with Crippen LogP contribution in [0.3, 0.4) is 0 Å². The van der Waals surface area contributed by atoms with Crippen molar-refractivity contribution in [2.24, 2.45) is 0 Å². The number of halogens is 1. The first-order valence-corrected chi connectivity index (χ1v) is 5.73. The zero-order chi connectivity index (χ0) is 12.8. The largest absolute Gasteiger partial charge is 0.465 e. The summed E-state index contributed by atoms with van der Waals surface area (Å²) in [6.45, 7) is 5.80. The summed E-state index contributed by atoms with van der Waals surface area (Å²) in [5.74, 6) is -0.856. The summed E-state index contributed by atoms with van der Waals surface area (Å²) in [5, 5.41) is 3.01. The normalized spacial score (nSPS) is 12.5. The van der Waals surface area contributed by atoms with E-state index in [-0.39, 0.29) is 12.6 Å². The summed E-state index contributed by atoms with van der Waals surface area (Å²) < 4.78 is 18.6. The Bertz CT molecular complexity index is 379. The van der Waals surface area contributed by atoms with Gasteiger partial charge in [0, 0.05) is 11.6 Å². The number of carbonyl (C=O) groups excluding carboxylic acids is 1. The number of carbonyl (C=O) groups is 1. The third kappa shape index (κ3) is 3.82. The fourth-order valence-corrected chi connectivity index (χ4v) is 1.55. The van der Waals surface area contributed by atoms with Crippen LogP contribution in [0.1, 0.15) is 32.4 Å². The maximum atomic E-state index is 13.6. The van der Waals surface area contributed by atoms with Gasteiger partial charge in [-0.05, 0) is 26.8 Å². The average Bonchev–Trinajstić information content (AvgIpc) is 2.27. The van der Waals surface area contributed by atoms with Gasteiger partial charge in [-0.2, -0.15) is 0 Å². The lowest BCUT2D eigenvalue weighted by Gasteiger charge is -2.20. The minimum Gasteiger partial charge on any atom is -0.465 e. The molecule has 0 aliphatic rings. The van der Waals surface area contributed by atoms with E-state index in [9.17, 15) is 9.18 Å². The lowest BCUT2D eigenvalue weighted by molar-refractivity contribution is -0.146. The van der Waals surface area contributed by atoms with Crippen molar-refractivity contribution in [3.8, 4) is 0 Å². The first-order valence-electron chi connectivity index (χ1n) is 5.73. The quantitative estimate of drug-likeness (QED) is 0.802. The van der Waals surface area contributed by atoms with Gasteiger partial charge in [-0.15, -0.1) is 0 Å². The van der Waals surface area contributed by atoms with E-state index in [1.165, 1.54) is 6.07 Å². The van der Waals surface area contributed by atoms with Crippen molar-refractivity contribution < 1.29 is 13.9 Å². The molecule has 0 spiro atoms. The minimum atomic E-state index is -0.754. The SMILES string of the molecule is CCOC(=O)C(NC(C)C)c1ccccc1F. The van der Waals surface area contributed by atoms with E-state index in [4.69, 9.17) is 4.74 Å². The van der Waals surface area contributed by atoms with Crippen LogP contribution in [0.15, 0.2) is 24.3 Å². The van der Waals surface area contributed by atoms with E-state index in [0.29, 0.717) is 5.56 Å². The van der Waals surface area contributed by atoms with Gasteiger partial charge >= 0.3 is 5.97 Å². The maximum Gasteiger partial charge on any atom is 0.327 e. The summed E-state index contributed by atoms with van der Waals surface area (Å²) in [4.78, 5) is 11.8. The van der Waals surface area contributed by atoms with E-state index in [1.54, 1.807) is 25.1 Å². The van der Waals surface area contributed by atoms with Gasteiger partial charge in [0.2, 0.25) is 0 Å². The lowest BCUT2D eigenvalue weighted by Crippen LogP contribution is -2.35. The first-order chi connectivity index (χ1) is 8.06. The molecule has 0 heterocycles. The Morgan fingerprint density at radius 3 is 2.59 bits per heavy atom. The fraction of sp³-hybridized carbons (Fsp3) is 0.462. The molecule has 0 fully saturated rings. The summed E-state index contributed by atoms with van der Waals surface area (Å²) in [6.07, 6.45) is 0. The van der Waals surface area contributed by atoms with Crippen molar-refractivity contribution in [1.29, 1.82) is 0 Å². The number of hydrogen-bond donors (Lipinski definition) is 1. The molecule has 0 saturated heterocycles. The molecule has 0 saturated carbocycles. The molecule has 1 aromatic rings. The summed E-state index contributed by atoms with van der Waals surface area (Å²) >= 11 is 0. The van der Waals surface area contributed by atoms with Crippen LogP contribution < -0.4 is 5.32 Å². The van der Waals surface area contributed by atoms with Crippen LogP contribution in [0.25, 0.3) is 0 Å². The second kappa shape index (κ2) is 6.35. The number of benzene rings is 1. The number of hydrogen-bond acceptors (Lipinski definition) is 3. The Morgan fingerprint density at radius 1 is 1.41 bits per heavy atom. The Labute approximate surface area is 101 Å². The third-order valence-corrected chi connectivity index (χ3v) is 2.24. The highest BCUT2D eigenvalue weighted by Crippen LogP contribution is 2.18. The highest BCUT2D eigenvalue weighted by atomic mass is 19.1. The lowest BCUT2D eigenvalue weighted by atomic mass is 10.1. The molecule has 94 valence electrons. The van der Waals surface area contributed by atoms with Crippen molar-refractivity contribution in [1.82, 2.24) is 5.32 Å². The van der Waals surface area contributed by atoms with Gasteiger partial charge < -0.3 is 4.74 Å². The Morgan fingerprint density at radius 2 is 2.06 bits per heavy atom. The van der Waals surface area contributed by atoms with Crippen LogP contribution in [0.4, 0.5) is 4.39 Å². The van der Waals surface area contributed by atoms with Crippen LogP contribution in [-0.2, 0) is 9.53 Å². The summed E-state index contributed by atoms with van der Waals surface area (Å²) in [7, 11) is 0. The molecule has 0 aromatic heterocycles. The number of ether oxygens (including phenoxy) is 1. The van der Waals surface area contributed by atoms with Crippen molar-refractivity contribution in [3.63, 3.8) is 0 Å². The Hall–Kier alpha value is -1.42. The van der Waals surface area contributed by atoms with Crippen molar-refractivity contribution >= 4 is 5.97 Å². The molecule has 1 rings (SSSR count). The van der Waals surface area contributed by atoms with E-state index >= 15 is 0 Å². The van der Waals surface area contributed by atoms with Crippen LogP contribution in [0.2, 0.25) is 0 Å². The summed E-state index contributed by atoms with van der Waals surface area (Å²) in [6, 6.07) is 5.53. The predicted octanol–water partition coefficient (Wildman–Crippen LogP) is 2.43. The van der Waals surface area contributed by atoms with Crippen LogP contribution in [-0.4, -0.2) is 18.6 Å². The topological polar surface area (TPSA) is 38.3 Å². The Balaban J connectivity index is 2.97. The van der Waals surface area contributed by atoms with E-state index in [1.807, 2.05) is 13.8 Å². The maximum absolute atomic E-state index is 13.6. The first kappa shape index (κ1) is 13.6. The van der Waals surface area contributed by atoms with E-state index < -0.39 is 17.8 Å². The predicted molar refractivity (Wildman–Crippen MR) is 64.0 cm³/mol. The number of esters is 1. The monoisotopic (exact) mass is 239 g/mol. The smallest absolute Gasteiger partial charge is 0.327 e. The molecule has 0 aliphatic carbocycles. The van der Waals surface area contributed by atoms with Gasteiger partial charge in [-0.3, -0.25) is 5.32 Å². The molecule has 0 amide bonds. The van der Waals surface area contributed by atoms with Gasteiger partial charge in [0.05, 0.1) is 6.61 Å². The molecular weight excluding hydrogens is 221 g/mol. The van der Waals surface area contributed by atoms with Gasteiger partial charge in [-0.25, -0.2) is 9.18 Å². The van der Waals surface area contributed by atoms with E-state index in [2.05, 4.69) is 5.32 Å². The number of nitrogens with one attached hydrogen (secondary N) is 1. The highest BCUT2D eigenvalue weighted by Gasteiger charge is 2.24. The molecule has 0 bridgehead atoms. The molecule has 1 aromatic carbocycles. The summed E-state index contributed by atoms with van der Waals surface area (Å²) in [5.41, 5.74) is 0.319. The molecule has 1 unspecified atom stereocenters. The Kier molecular flexibility index (Phi) is 5.10. The van der Waals surface area contributed by atoms with Crippen molar-refractivity contribution in [3.05, 3.63) is 35.6 Å². The average molecular weight is 239 g/mol. The minimum absolute atomic E-state index is 0.0593. The fourth-order valence-electron chi connectivity index (χ4n) is 1.55. The second-order valence-electron chi connectivity index (χ2n) is 4.03. The van der Waals surface area contributed by atoms with Gasteiger partial charge in [0.1, 0.15) is 11.9 Å². The standard InChI is InChI=1S/C13H18FNO2/c1-4-17-13(16)12(15-9(2)3)10-7-5-6-8-11(10)14/h5-9,12,15H,4H2,1-3H3. The zero-order valence-electron chi connectivity index (χ0n) is 10.4. The van der Waals surface area contributed by atoms with E-state index in [0.717, 1.165) is 0 Å². The molecule has 1 atom stereocenters. The molecule has 1 N–H and O–H groups in total. The van der Waals surface area contributed by atoms with Crippen molar-refractivity contribution in [2.75, 3.05) is 6.61 Å². The molecule has 4 heteroatoms.